The molecule has 8 nitrogen and oxygen atoms in total. The normalized spacial score (nSPS) is 24.5. The number of carbonyl (C=O) groups is 1. The summed E-state index contributed by atoms with van der Waals surface area (Å²) >= 11 is 0. The Hall–Kier alpha value is -2.59. The van der Waals surface area contributed by atoms with Crippen LogP contribution in [0.2, 0.25) is 0 Å². The number of alkyl halides is 1. The molecule has 29 heavy (non-hydrogen) atoms. The van der Waals surface area contributed by atoms with Crippen molar-refractivity contribution in [2.24, 2.45) is 5.92 Å². The van der Waals surface area contributed by atoms with Crippen molar-refractivity contribution in [3.63, 3.8) is 0 Å². The highest BCUT2D eigenvalue weighted by Gasteiger charge is 2.46. The second-order valence-electron chi connectivity index (χ2n) is 7.36. The van der Waals surface area contributed by atoms with Gasteiger partial charge in [0.2, 0.25) is 5.91 Å². The van der Waals surface area contributed by atoms with Crippen LogP contribution < -0.4 is 10.2 Å². The lowest BCUT2D eigenvalue weighted by molar-refractivity contribution is -0.141. The van der Waals surface area contributed by atoms with Gasteiger partial charge in [0, 0.05) is 57.3 Å². The Morgan fingerprint density at radius 3 is 2.72 bits per heavy atom. The molecular formula is C19H25FN7OP. The molecule has 2 N–H and O–H groups in total. The summed E-state index contributed by atoms with van der Waals surface area (Å²) in [5, 5.41) is 18.4. The monoisotopic (exact) mass is 417 g/mol. The Labute approximate surface area is 171 Å². The smallest absolute Gasteiger partial charge is 0.226 e. The highest BCUT2D eigenvalue weighted by atomic mass is 31.0. The van der Waals surface area contributed by atoms with E-state index in [1.807, 2.05) is 4.90 Å². The molecule has 0 radical (unpaired) electrons. The van der Waals surface area contributed by atoms with Gasteiger partial charge < -0.3 is 20.5 Å². The van der Waals surface area contributed by atoms with Crippen molar-refractivity contribution < 1.29 is 9.18 Å². The second-order valence-corrected chi connectivity index (χ2v) is 8.39. The zero-order chi connectivity index (χ0) is 21.0. The Morgan fingerprint density at radius 2 is 2.17 bits per heavy atom. The first-order valence-electron chi connectivity index (χ1n) is 9.53. The largest absolute Gasteiger partial charge is 0.394 e. The number of carbonyl (C=O) groups excluding carboxylic acids is 1. The average molecular weight is 417 g/mol. The van der Waals surface area contributed by atoms with Crippen molar-refractivity contribution >= 4 is 32.8 Å². The summed E-state index contributed by atoms with van der Waals surface area (Å²) in [6.07, 6.45) is 5.42. The molecule has 1 aliphatic heterocycles. The lowest BCUT2D eigenvalue weighted by atomic mass is 9.81. The highest BCUT2D eigenvalue weighted by Crippen LogP contribution is 2.46. The fraction of sp³-hybridized carbons (Fsp3) is 0.526. The maximum absolute atomic E-state index is 13.7. The van der Waals surface area contributed by atoms with Gasteiger partial charge in [-0.25, -0.2) is 14.4 Å². The molecular weight excluding hydrogens is 392 g/mol. The predicted molar refractivity (Wildman–Crippen MR) is 112 cm³/mol. The molecule has 1 aromatic rings. The minimum absolute atomic E-state index is 0.0252. The molecule has 0 spiro atoms. The van der Waals surface area contributed by atoms with Gasteiger partial charge in [0.1, 0.15) is 23.0 Å². The van der Waals surface area contributed by atoms with Crippen LogP contribution >= 0.6 is 9.24 Å². The molecule has 2 aliphatic rings. The van der Waals surface area contributed by atoms with Crippen LogP contribution in [0.15, 0.2) is 12.4 Å². The highest BCUT2D eigenvalue weighted by molar-refractivity contribution is 7.18. The maximum atomic E-state index is 13.7. The first kappa shape index (κ1) is 21.1. The van der Waals surface area contributed by atoms with Crippen molar-refractivity contribution in [2.45, 2.75) is 24.7 Å². The van der Waals surface area contributed by atoms with Crippen LogP contribution in [-0.4, -0.2) is 65.6 Å². The van der Waals surface area contributed by atoms with Gasteiger partial charge >= 0.3 is 0 Å². The molecule has 0 aromatic carbocycles. The number of piperazine rings is 1. The van der Waals surface area contributed by atoms with E-state index in [9.17, 15) is 14.4 Å². The fourth-order valence-electron chi connectivity index (χ4n) is 3.69. The van der Waals surface area contributed by atoms with Crippen molar-refractivity contribution in [3.05, 3.63) is 23.8 Å². The van der Waals surface area contributed by atoms with E-state index >= 15 is 0 Å². The molecule has 1 atom stereocenters. The van der Waals surface area contributed by atoms with Gasteiger partial charge in [-0.2, -0.15) is 5.26 Å². The van der Waals surface area contributed by atoms with E-state index in [2.05, 4.69) is 30.6 Å². The predicted octanol–water partition coefficient (Wildman–Crippen LogP) is 1.55. The Balaban J connectivity index is 1.70. The number of amides is 1. The van der Waals surface area contributed by atoms with Crippen molar-refractivity contribution in [2.75, 3.05) is 38.1 Å². The van der Waals surface area contributed by atoms with E-state index in [-0.39, 0.29) is 30.4 Å². The number of halogens is 1. The third-order valence-electron chi connectivity index (χ3n) is 5.25. The Morgan fingerprint density at radius 1 is 1.48 bits per heavy atom. The van der Waals surface area contributed by atoms with Crippen LogP contribution in [0.4, 0.5) is 10.2 Å². The van der Waals surface area contributed by atoms with Crippen LogP contribution in [0, 0.1) is 22.7 Å². The van der Waals surface area contributed by atoms with Gasteiger partial charge in [0.05, 0.1) is 6.20 Å². The molecule has 1 amide bonds. The number of hydrogen-bond acceptors (Lipinski definition) is 7. The van der Waals surface area contributed by atoms with Crippen LogP contribution in [0.3, 0.4) is 0 Å². The van der Waals surface area contributed by atoms with E-state index in [1.165, 1.54) is 6.21 Å². The average Bonchev–Trinajstić information content (AvgIpc) is 2.71. The quantitative estimate of drug-likeness (QED) is 0.537. The number of allylic oxidation sites excluding steroid dienone is 1. The van der Waals surface area contributed by atoms with E-state index < -0.39 is 5.41 Å². The maximum Gasteiger partial charge on any atom is 0.226 e. The summed E-state index contributed by atoms with van der Waals surface area (Å²) in [5.41, 5.74) is 1.37. The number of nitrogens with zero attached hydrogens (tertiary/aromatic N) is 5. The lowest BCUT2D eigenvalue weighted by Gasteiger charge is -2.42. The third-order valence-corrected chi connectivity index (χ3v) is 5.72. The van der Waals surface area contributed by atoms with Crippen LogP contribution in [0.1, 0.15) is 30.7 Å². The summed E-state index contributed by atoms with van der Waals surface area (Å²) in [6.45, 7) is 2.27. The van der Waals surface area contributed by atoms with E-state index in [0.717, 1.165) is 0 Å². The van der Waals surface area contributed by atoms with Gasteiger partial charge in [-0.05, 0) is 19.1 Å². The minimum Gasteiger partial charge on any atom is -0.394 e. The van der Waals surface area contributed by atoms with Crippen LogP contribution in [0.25, 0.3) is 5.57 Å². The van der Waals surface area contributed by atoms with Crippen molar-refractivity contribution in [1.29, 1.82) is 10.7 Å². The molecule has 2 fully saturated rings. The molecule has 154 valence electrons. The molecule has 1 saturated heterocycles. The van der Waals surface area contributed by atoms with E-state index in [0.29, 0.717) is 49.7 Å². The lowest BCUT2D eigenvalue weighted by Crippen LogP contribution is -2.53. The molecule has 10 heteroatoms. The first-order chi connectivity index (χ1) is 13.9. The van der Waals surface area contributed by atoms with Gasteiger partial charge in [0.25, 0.3) is 0 Å². The van der Waals surface area contributed by atoms with Crippen LogP contribution in [0.5, 0.6) is 0 Å². The zero-order valence-electron chi connectivity index (χ0n) is 16.4. The van der Waals surface area contributed by atoms with E-state index in [1.54, 1.807) is 24.3 Å². The Kier molecular flexibility index (Phi) is 6.43. The summed E-state index contributed by atoms with van der Waals surface area (Å²) in [7, 11) is 3.93. The van der Waals surface area contributed by atoms with Gasteiger partial charge in [-0.15, -0.1) is 0 Å². The van der Waals surface area contributed by atoms with Gasteiger partial charge in [-0.1, -0.05) is 9.24 Å². The van der Waals surface area contributed by atoms with Gasteiger partial charge in [-0.3, -0.25) is 4.79 Å². The first-order valence-corrected chi connectivity index (χ1v) is 10.1. The Bertz CT molecular complexity index is 851. The van der Waals surface area contributed by atoms with Crippen molar-refractivity contribution in [1.82, 2.24) is 20.2 Å². The van der Waals surface area contributed by atoms with E-state index in [4.69, 9.17) is 5.41 Å². The van der Waals surface area contributed by atoms with Gasteiger partial charge in [0.15, 0.2) is 5.69 Å². The SMILES string of the molecule is CN/C=C(\CC=N)c1nc(N2CCN(C(=O)C3CC(F)(P)C3)CC2)cnc1C#N. The molecule has 1 unspecified atom stereocenters. The summed E-state index contributed by atoms with van der Waals surface area (Å²) < 4.78 is 13.7. The standard InChI is InChI=1S/C19H25FN7OP/c1-23-11-13(2-3-21)17-15(10-22)24-12-16(25-17)26-4-6-27(7-5-26)18(28)14-8-19(20,29)9-14/h3,11-12,14,21,23H,2,4-9,29H2,1H3/b13-11+,21-3?. The molecule has 1 aromatic heterocycles. The number of nitriles is 1. The number of nitrogens with one attached hydrogen (secondary N) is 2. The summed E-state index contributed by atoms with van der Waals surface area (Å²) in [6, 6.07) is 2.06. The summed E-state index contributed by atoms with van der Waals surface area (Å²) in [4.78, 5) is 25.2. The number of anilines is 1. The number of rotatable bonds is 6. The fourth-order valence-corrected chi connectivity index (χ4v) is 4.26. The number of hydrogen-bond donors (Lipinski definition) is 2. The molecule has 1 saturated carbocycles. The zero-order valence-corrected chi connectivity index (χ0v) is 17.5. The third kappa shape index (κ3) is 4.70. The van der Waals surface area contributed by atoms with Crippen molar-refractivity contribution in [3.8, 4) is 6.07 Å². The minimum atomic E-state index is -1.29. The molecule has 3 rings (SSSR count). The number of aromatic nitrogens is 2. The topological polar surface area (TPSA) is 109 Å². The van der Waals surface area contributed by atoms with Crippen LogP contribution in [-0.2, 0) is 4.79 Å². The molecule has 2 heterocycles. The summed E-state index contributed by atoms with van der Waals surface area (Å²) in [5.74, 6) is 0.437. The molecule has 0 bridgehead atoms. The second kappa shape index (κ2) is 8.83. The molecule has 1 aliphatic carbocycles.